The first-order valence-corrected chi connectivity index (χ1v) is 9.40. The molecule has 0 saturated carbocycles. The number of hydrogen-bond donors (Lipinski definition) is 1. The molecule has 0 aliphatic heterocycles. The summed E-state index contributed by atoms with van der Waals surface area (Å²) in [7, 11) is 0. The summed E-state index contributed by atoms with van der Waals surface area (Å²) in [6.07, 6.45) is 3.63. The monoisotopic (exact) mass is 361 g/mol. The maximum absolute atomic E-state index is 5.69. The number of nitrogens with zero attached hydrogens (tertiary/aromatic N) is 2. The largest absolute Gasteiger partial charge is 0.494 e. The zero-order valence-corrected chi connectivity index (χ0v) is 15.3. The predicted octanol–water partition coefficient (Wildman–Crippen LogP) is 5.37. The number of fused-ring (bicyclic) bond motifs is 1. The van der Waals surface area contributed by atoms with Gasteiger partial charge in [0.05, 0.1) is 16.8 Å². The Labute approximate surface area is 156 Å². The number of pyridine rings is 1. The first-order chi connectivity index (χ1) is 12.8. The molecule has 0 unspecified atom stereocenters. The third kappa shape index (κ3) is 3.53. The predicted molar refractivity (Wildman–Crippen MR) is 108 cm³/mol. The van der Waals surface area contributed by atoms with Crippen LogP contribution in [-0.4, -0.2) is 16.6 Å². The quantitative estimate of drug-likeness (QED) is 0.501. The molecule has 0 aliphatic rings. The van der Waals surface area contributed by atoms with E-state index >= 15 is 0 Å². The van der Waals surface area contributed by atoms with Crippen molar-refractivity contribution < 1.29 is 4.74 Å². The van der Waals surface area contributed by atoms with Crippen LogP contribution in [0.2, 0.25) is 0 Å². The van der Waals surface area contributed by atoms with E-state index in [2.05, 4.69) is 34.6 Å². The lowest BCUT2D eigenvalue weighted by molar-refractivity contribution is 0.337. The fourth-order valence-corrected chi connectivity index (χ4v) is 3.74. The van der Waals surface area contributed by atoms with E-state index in [1.807, 2.05) is 49.6 Å². The van der Waals surface area contributed by atoms with E-state index < -0.39 is 0 Å². The van der Waals surface area contributed by atoms with Gasteiger partial charge in [-0.25, -0.2) is 4.98 Å². The standard InChI is InChI=1S/C21H19N3OS/c1-2-25-19-6-4-3-5-17(19)14-23-21-24-18-8-7-16(13-20(18)26-21)15-9-11-22-12-10-15/h3-13H,2,14H2,1H3,(H,23,24). The second-order valence-electron chi connectivity index (χ2n) is 5.83. The Morgan fingerprint density at radius 2 is 1.85 bits per heavy atom. The van der Waals surface area contributed by atoms with Crippen LogP contribution in [0.4, 0.5) is 5.13 Å². The van der Waals surface area contributed by atoms with Crippen molar-refractivity contribution in [1.29, 1.82) is 0 Å². The minimum Gasteiger partial charge on any atom is -0.494 e. The molecule has 5 heteroatoms. The molecule has 2 aromatic heterocycles. The highest BCUT2D eigenvalue weighted by molar-refractivity contribution is 7.22. The van der Waals surface area contributed by atoms with Gasteiger partial charge in [0.15, 0.2) is 5.13 Å². The van der Waals surface area contributed by atoms with Crippen LogP contribution in [0.25, 0.3) is 21.3 Å². The minimum atomic E-state index is 0.663. The topological polar surface area (TPSA) is 47.0 Å². The number of ether oxygens (including phenoxy) is 1. The fourth-order valence-electron chi connectivity index (χ4n) is 2.84. The van der Waals surface area contributed by atoms with Gasteiger partial charge in [-0.15, -0.1) is 0 Å². The molecule has 4 aromatic rings. The summed E-state index contributed by atoms with van der Waals surface area (Å²) < 4.78 is 6.85. The van der Waals surface area contributed by atoms with Crippen LogP contribution in [0, 0.1) is 0 Å². The van der Waals surface area contributed by atoms with E-state index in [9.17, 15) is 0 Å². The molecule has 0 atom stereocenters. The first kappa shape index (κ1) is 16.5. The van der Waals surface area contributed by atoms with Crippen LogP contribution in [0.5, 0.6) is 5.75 Å². The van der Waals surface area contributed by atoms with Crippen molar-refractivity contribution in [3.63, 3.8) is 0 Å². The normalized spacial score (nSPS) is 10.8. The Bertz CT molecular complexity index is 1010. The lowest BCUT2D eigenvalue weighted by atomic mass is 10.1. The molecule has 130 valence electrons. The summed E-state index contributed by atoms with van der Waals surface area (Å²) in [6, 6.07) is 18.5. The maximum atomic E-state index is 5.69. The Balaban J connectivity index is 1.55. The van der Waals surface area contributed by atoms with Crippen LogP contribution >= 0.6 is 11.3 Å². The second-order valence-corrected chi connectivity index (χ2v) is 6.86. The molecule has 4 rings (SSSR count). The lowest BCUT2D eigenvalue weighted by Gasteiger charge is -2.10. The maximum Gasteiger partial charge on any atom is 0.184 e. The summed E-state index contributed by atoms with van der Waals surface area (Å²) >= 11 is 1.67. The van der Waals surface area contributed by atoms with Gasteiger partial charge in [0.2, 0.25) is 0 Å². The van der Waals surface area contributed by atoms with Gasteiger partial charge >= 0.3 is 0 Å². The highest BCUT2D eigenvalue weighted by atomic mass is 32.1. The van der Waals surface area contributed by atoms with Gasteiger partial charge in [0.25, 0.3) is 0 Å². The Hall–Kier alpha value is -2.92. The number of aromatic nitrogens is 2. The highest BCUT2D eigenvalue weighted by Gasteiger charge is 2.07. The summed E-state index contributed by atoms with van der Waals surface area (Å²) in [5.74, 6) is 0.920. The Morgan fingerprint density at radius 3 is 2.69 bits per heavy atom. The van der Waals surface area contributed by atoms with Crippen molar-refractivity contribution >= 4 is 26.7 Å². The molecule has 1 N–H and O–H groups in total. The second kappa shape index (κ2) is 7.54. The highest BCUT2D eigenvalue weighted by Crippen LogP contribution is 2.31. The Kier molecular flexibility index (Phi) is 4.80. The molecule has 26 heavy (non-hydrogen) atoms. The van der Waals surface area contributed by atoms with Gasteiger partial charge in [0.1, 0.15) is 5.75 Å². The van der Waals surface area contributed by atoms with Gasteiger partial charge in [0, 0.05) is 24.5 Å². The number of nitrogens with one attached hydrogen (secondary N) is 1. The van der Waals surface area contributed by atoms with Gasteiger partial charge in [-0.3, -0.25) is 4.98 Å². The number of thiazole rings is 1. The third-order valence-corrected chi connectivity index (χ3v) is 5.08. The van der Waals surface area contributed by atoms with Crippen molar-refractivity contribution in [3.8, 4) is 16.9 Å². The van der Waals surface area contributed by atoms with Crippen LogP contribution in [-0.2, 0) is 6.54 Å². The van der Waals surface area contributed by atoms with Crippen molar-refractivity contribution in [3.05, 3.63) is 72.6 Å². The summed E-state index contributed by atoms with van der Waals surface area (Å²) in [4.78, 5) is 8.77. The van der Waals surface area contributed by atoms with E-state index in [1.165, 1.54) is 10.3 Å². The molecular formula is C21H19N3OS. The van der Waals surface area contributed by atoms with Crippen molar-refractivity contribution in [2.75, 3.05) is 11.9 Å². The van der Waals surface area contributed by atoms with Crippen LogP contribution < -0.4 is 10.1 Å². The van der Waals surface area contributed by atoms with E-state index in [1.54, 1.807) is 11.3 Å². The van der Waals surface area contributed by atoms with E-state index in [0.717, 1.165) is 27.5 Å². The minimum absolute atomic E-state index is 0.663. The molecule has 0 spiro atoms. The average molecular weight is 361 g/mol. The van der Waals surface area contributed by atoms with E-state index in [-0.39, 0.29) is 0 Å². The summed E-state index contributed by atoms with van der Waals surface area (Å²) in [5.41, 5.74) is 4.48. The molecule has 0 amide bonds. The third-order valence-electron chi connectivity index (χ3n) is 4.10. The number of hydrogen-bond acceptors (Lipinski definition) is 5. The molecule has 0 fully saturated rings. The van der Waals surface area contributed by atoms with Crippen molar-refractivity contribution in [2.45, 2.75) is 13.5 Å². The van der Waals surface area contributed by atoms with Gasteiger partial charge in [-0.1, -0.05) is 35.6 Å². The molecule has 0 aliphatic carbocycles. The summed E-state index contributed by atoms with van der Waals surface area (Å²) in [5, 5.41) is 4.34. The SMILES string of the molecule is CCOc1ccccc1CNc1nc2ccc(-c3ccncc3)cc2s1. The first-order valence-electron chi connectivity index (χ1n) is 8.59. The number of benzene rings is 2. The molecule has 0 radical (unpaired) electrons. The van der Waals surface area contributed by atoms with E-state index in [0.29, 0.717) is 13.2 Å². The van der Waals surface area contributed by atoms with Crippen LogP contribution in [0.15, 0.2) is 67.0 Å². The zero-order chi connectivity index (χ0) is 17.8. The lowest BCUT2D eigenvalue weighted by Crippen LogP contribution is -2.02. The molecule has 0 bridgehead atoms. The van der Waals surface area contributed by atoms with Crippen molar-refractivity contribution in [2.24, 2.45) is 0 Å². The number of anilines is 1. The molecule has 2 heterocycles. The number of rotatable bonds is 6. The number of para-hydroxylation sites is 1. The molecule has 4 nitrogen and oxygen atoms in total. The Morgan fingerprint density at radius 1 is 1.00 bits per heavy atom. The molecular weight excluding hydrogens is 342 g/mol. The average Bonchev–Trinajstić information content (AvgIpc) is 3.10. The van der Waals surface area contributed by atoms with Gasteiger partial charge in [-0.05, 0) is 48.4 Å². The molecule has 0 saturated heterocycles. The van der Waals surface area contributed by atoms with Gasteiger partial charge in [-0.2, -0.15) is 0 Å². The van der Waals surface area contributed by atoms with Crippen molar-refractivity contribution in [1.82, 2.24) is 9.97 Å². The fraction of sp³-hybridized carbons (Fsp3) is 0.143. The van der Waals surface area contributed by atoms with Gasteiger partial charge < -0.3 is 10.1 Å². The van der Waals surface area contributed by atoms with Crippen LogP contribution in [0.3, 0.4) is 0 Å². The summed E-state index contributed by atoms with van der Waals surface area (Å²) in [6.45, 7) is 3.35. The zero-order valence-electron chi connectivity index (χ0n) is 14.5. The molecule has 2 aromatic carbocycles. The van der Waals surface area contributed by atoms with Crippen LogP contribution in [0.1, 0.15) is 12.5 Å². The van der Waals surface area contributed by atoms with E-state index in [4.69, 9.17) is 9.72 Å². The smallest absolute Gasteiger partial charge is 0.184 e.